The molecule has 0 saturated carbocycles. The average molecular weight is 216 g/mol. The molecule has 1 saturated heterocycles. The van der Waals surface area contributed by atoms with E-state index in [1.54, 1.807) is 4.90 Å². The molecule has 0 aliphatic carbocycles. The lowest BCUT2D eigenvalue weighted by Crippen LogP contribution is -2.42. The first-order valence-electron chi connectivity index (χ1n) is 5.49. The Labute approximate surface area is 90.9 Å². The zero-order valence-electron chi connectivity index (χ0n) is 9.57. The maximum atomic E-state index is 11.6. The largest absolute Gasteiger partial charge is 0.433 e. The summed E-state index contributed by atoms with van der Waals surface area (Å²) in [5.74, 6) is 0. The summed E-state index contributed by atoms with van der Waals surface area (Å²) in [4.78, 5) is 15.3. The van der Waals surface area contributed by atoms with Crippen LogP contribution in [-0.2, 0) is 9.47 Å². The van der Waals surface area contributed by atoms with E-state index in [0.29, 0.717) is 33.0 Å². The quantitative estimate of drug-likeness (QED) is 0.650. The van der Waals surface area contributed by atoms with Gasteiger partial charge in [0.2, 0.25) is 0 Å². The van der Waals surface area contributed by atoms with Crippen LogP contribution in [-0.4, -0.2) is 62.0 Å². The van der Waals surface area contributed by atoms with Crippen LogP contribution in [0.15, 0.2) is 0 Å². The molecule has 1 fully saturated rings. The van der Waals surface area contributed by atoms with Gasteiger partial charge in [0.1, 0.15) is 6.73 Å². The van der Waals surface area contributed by atoms with E-state index in [0.717, 1.165) is 13.1 Å². The SMILES string of the molecule is CCN(CC)COC(=O)N1CCOCC1. The topological polar surface area (TPSA) is 42.0 Å². The van der Waals surface area contributed by atoms with Crippen molar-refractivity contribution in [2.75, 3.05) is 46.1 Å². The maximum Gasteiger partial charge on any atom is 0.411 e. The van der Waals surface area contributed by atoms with Gasteiger partial charge in [0, 0.05) is 13.1 Å². The first kappa shape index (κ1) is 12.3. The number of hydrogen-bond acceptors (Lipinski definition) is 4. The number of hydrogen-bond donors (Lipinski definition) is 0. The van der Waals surface area contributed by atoms with E-state index < -0.39 is 0 Å². The first-order valence-corrected chi connectivity index (χ1v) is 5.49. The fourth-order valence-electron chi connectivity index (χ4n) is 1.39. The zero-order valence-corrected chi connectivity index (χ0v) is 9.57. The highest BCUT2D eigenvalue weighted by atomic mass is 16.6. The Balaban J connectivity index is 2.22. The Morgan fingerprint density at radius 3 is 2.47 bits per heavy atom. The van der Waals surface area contributed by atoms with Crippen LogP contribution in [0.25, 0.3) is 0 Å². The van der Waals surface area contributed by atoms with Crippen LogP contribution in [0.3, 0.4) is 0 Å². The average Bonchev–Trinajstić information content (AvgIpc) is 2.31. The Morgan fingerprint density at radius 1 is 1.33 bits per heavy atom. The van der Waals surface area contributed by atoms with E-state index in [4.69, 9.17) is 9.47 Å². The molecule has 1 rings (SSSR count). The number of amides is 1. The molecule has 1 aliphatic rings. The molecule has 0 spiro atoms. The summed E-state index contributed by atoms with van der Waals surface area (Å²) in [5, 5.41) is 0. The lowest BCUT2D eigenvalue weighted by molar-refractivity contribution is 0.00867. The third-order valence-corrected chi connectivity index (χ3v) is 2.53. The standard InChI is InChI=1S/C10H20N2O3/c1-3-11(4-2)9-15-10(13)12-5-7-14-8-6-12/h3-9H2,1-2H3. The minimum atomic E-state index is -0.231. The summed E-state index contributed by atoms with van der Waals surface area (Å²) in [6, 6.07) is 0. The minimum absolute atomic E-state index is 0.231. The smallest absolute Gasteiger partial charge is 0.411 e. The predicted molar refractivity (Wildman–Crippen MR) is 56.7 cm³/mol. The van der Waals surface area contributed by atoms with Gasteiger partial charge in [-0.05, 0) is 13.1 Å². The molecule has 0 N–H and O–H groups in total. The van der Waals surface area contributed by atoms with Gasteiger partial charge in [-0.25, -0.2) is 4.79 Å². The molecule has 5 heteroatoms. The molecule has 1 amide bonds. The monoisotopic (exact) mass is 216 g/mol. The van der Waals surface area contributed by atoms with Crippen molar-refractivity contribution in [1.29, 1.82) is 0 Å². The van der Waals surface area contributed by atoms with Crippen molar-refractivity contribution in [3.05, 3.63) is 0 Å². The minimum Gasteiger partial charge on any atom is -0.433 e. The highest BCUT2D eigenvalue weighted by molar-refractivity contribution is 5.67. The Bertz CT molecular complexity index is 189. The number of rotatable bonds is 4. The Morgan fingerprint density at radius 2 is 1.93 bits per heavy atom. The van der Waals surface area contributed by atoms with Gasteiger partial charge in [-0.15, -0.1) is 0 Å². The van der Waals surface area contributed by atoms with Crippen molar-refractivity contribution in [3.63, 3.8) is 0 Å². The number of nitrogens with zero attached hydrogens (tertiary/aromatic N) is 2. The van der Waals surface area contributed by atoms with Gasteiger partial charge in [-0.3, -0.25) is 4.90 Å². The fraction of sp³-hybridized carbons (Fsp3) is 0.900. The number of ether oxygens (including phenoxy) is 2. The molecule has 0 unspecified atom stereocenters. The molecule has 0 aromatic carbocycles. The summed E-state index contributed by atoms with van der Waals surface area (Å²) in [6.07, 6.45) is -0.231. The molecular weight excluding hydrogens is 196 g/mol. The van der Waals surface area contributed by atoms with Crippen molar-refractivity contribution in [2.24, 2.45) is 0 Å². The van der Waals surface area contributed by atoms with Crippen LogP contribution < -0.4 is 0 Å². The van der Waals surface area contributed by atoms with Gasteiger partial charge in [0.05, 0.1) is 13.2 Å². The third kappa shape index (κ3) is 4.05. The van der Waals surface area contributed by atoms with E-state index in [1.807, 2.05) is 13.8 Å². The van der Waals surface area contributed by atoms with Crippen LogP contribution in [0.1, 0.15) is 13.8 Å². The number of morpholine rings is 1. The second-order valence-corrected chi connectivity index (χ2v) is 3.44. The molecular formula is C10H20N2O3. The maximum absolute atomic E-state index is 11.6. The van der Waals surface area contributed by atoms with Gasteiger partial charge in [-0.1, -0.05) is 13.8 Å². The molecule has 88 valence electrons. The van der Waals surface area contributed by atoms with Gasteiger partial charge < -0.3 is 14.4 Å². The molecule has 1 heterocycles. The highest BCUT2D eigenvalue weighted by Gasteiger charge is 2.18. The van der Waals surface area contributed by atoms with Crippen LogP contribution in [0, 0.1) is 0 Å². The third-order valence-electron chi connectivity index (χ3n) is 2.53. The van der Waals surface area contributed by atoms with Crippen molar-refractivity contribution < 1.29 is 14.3 Å². The fourth-order valence-corrected chi connectivity index (χ4v) is 1.39. The second kappa shape index (κ2) is 6.63. The number of carbonyl (C=O) groups excluding carboxylic acids is 1. The van der Waals surface area contributed by atoms with E-state index in [9.17, 15) is 4.79 Å². The molecule has 15 heavy (non-hydrogen) atoms. The lowest BCUT2D eigenvalue weighted by Gasteiger charge is -2.27. The van der Waals surface area contributed by atoms with Gasteiger partial charge in [0.15, 0.2) is 0 Å². The highest BCUT2D eigenvalue weighted by Crippen LogP contribution is 2.00. The van der Waals surface area contributed by atoms with Crippen LogP contribution in [0.5, 0.6) is 0 Å². The first-order chi connectivity index (χ1) is 7.27. The molecule has 0 radical (unpaired) electrons. The summed E-state index contributed by atoms with van der Waals surface area (Å²) >= 11 is 0. The molecule has 0 aromatic rings. The second-order valence-electron chi connectivity index (χ2n) is 3.44. The molecule has 1 aliphatic heterocycles. The molecule has 0 aromatic heterocycles. The van der Waals surface area contributed by atoms with E-state index in [2.05, 4.69) is 4.90 Å². The van der Waals surface area contributed by atoms with Crippen molar-refractivity contribution in [3.8, 4) is 0 Å². The molecule has 0 bridgehead atoms. The van der Waals surface area contributed by atoms with Crippen LogP contribution in [0.4, 0.5) is 4.79 Å². The van der Waals surface area contributed by atoms with Crippen LogP contribution >= 0.6 is 0 Å². The van der Waals surface area contributed by atoms with Gasteiger partial charge >= 0.3 is 6.09 Å². The van der Waals surface area contributed by atoms with Crippen molar-refractivity contribution in [2.45, 2.75) is 13.8 Å². The van der Waals surface area contributed by atoms with Gasteiger partial charge in [0.25, 0.3) is 0 Å². The summed E-state index contributed by atoms with van der Waals surface area (Å²) < 4.78 is 10.3. The van der Waals surface area contributed by atoms with Crippen molar-refractivity contribution >= 4 is 6.09 Å². The van der Waals surface area contributed by atoms with E-state index in [1.165, 1.54) is 0 Å². The predicted octanol–water partition coefficient (Wildman–Crippen LogP) is 0.754. The van der Waals surface area contributed by atoms with Gasteiger partial charge in [-0.2, -0.15) is 0 Å². The van der Waals surface area contributed by atoms with E-state index >= 15 is 0 Å². The van der Waals surface area contributed by atoms with E-state index in [-0.39, 0.29) is 6.09 Å². The molecule has 0 atom stereocenters. The number of carbonyl (C=O) groups is 1. The van der Waals surface area contributed by atoms with Crippen molar-refractivity contribution in [1.82, 2.24) is 9.80 Å². The zero-order chi connectivity index (χ0) is 11.1. The lowest BCUT2D eigenvalue weighted by atomic mass is 10.5. The summed E-state index contributed by atoms with van der Waals surface area (Å²) in [6.45, 7) is 8.76. The molecule has 5 nitrogen and oxygen atoms in total. The Hall–Kier alpha value is -0.810. The van der Waals surface area contributed by atoms with Crippen LogP contribution in [0.2, 0.25) is 0 Å². The Kier molecular flexibility index (Phi) is 5.42. The normalized spacial score (nSPS) is 16.9. The summed E-state index contributed by atoms with van der Waals surface area (Å²) in [5.41, 5.74) is 0. The summed E-state index contributed by atoms with van der Waals surface area (Å²) in [7, 11) is 0.